The number of nitrogens with zero attached hydrogens (tertiary/aromatic N) is 3. The summed E-state index contributed by atoms with van der Waals surface area (Å²) >= 11 is 0. The van der Waals surface area contributed by atoms with Gasteiger partial charge in [0.15, 0.2) is 5.69 Å². The minimum atomic E-state index is -0.289. The first-order chi connectivity index (χ1) is 6.67. The quantitative estimate of drug-likeness (QED) is 0.683. The first kappa shape index (κ1) is 10.3. The third-order valence-corrected chi connectivity index (χ3v) is 1.75. The van der Waals surface area contributed by atoms with Crippen molar-refractivity contribution in [2.75, 3.05) is 0 Å². The molecule has 5 heteroatoms. The van der Waals surface area contributed by atoms with E-state index in [4.69, 9.17) is 6.42 Å². The highest BCUT2D eigenvalue weighted by Gasteiger charge is 2.12. The van der Waals surface area contributed by atoms with Crippen LogP contribution in [0.5, 0.6) is 0 Å². The van der Waals surface area contributed by atoms with Crippen LogP contribution in [0.3, 0.4) is 0 Å². The molecule has 0 aliphatic heterocycles. The lowest BCUT2D eigenvalue weighted by Gasteiger charge is -2.07. The summed E-state index contributed by atoms with van der Waals surface area (Å²) in [5.74, 6) is 2.18. The van der Waals surface area contributed by atoms with Crippen molar-refractivity contribution in [2.24, 2.45) is 7.05 Å². The van der Waals surface area contributed by atoms with Gasteiger partial charge in [-0.05, 0) is 6.42 Å². The summed E-state index contributed by atoms with van der Waals surface area (Å²) in [6.45, 7) is 1.90. The number of carbonyl (C=O) groups excluding carboxylic acids is 1. The molecule has 0 saturated carbocycles. The summed E-state index contributed by atoms with van der Waals surface area (Å²) in [5.41, 5.74) is 0.279. The average Bonchev–Trinajstić information content (AvgIpc) is 2.61. The highest BCUT2D eigenvalue weighted by atomic mass is 16.2. The Morgan fingerprint density at radius 1 is 1.86 bits per heavy atom. The Balaban J connectivity index is 2.64. The van der Waals surface area contributed by atoms with Gasteiger partial charge in [-0.1, -0.05) is 18.1 Å². The van der Waals surface area contributed by atoms with E-state index in [9.17, 15) is 4.79 Å². The molecule has 1 atom stereocenters. The lowest BCUT2D eigenvalue weighted by molar-refractivity contribution is 0.0940. The molecule has 74 valence electrons. The van der Waals surface area contributed by atoms with E-state index in [2.05, 4.69) is 21.5 Å². The number of hydrogen-bond donors (Lipinski definition) is 1. The molecule has 14 heavy (non-hydrogen) atoms. The van der Waals surface area contributed by atoms with Crippen LogP contribution in [-0.4, -0.2) is 26.9 Å². The molecule has 0 bridgehead atoms. The van der Waals surface area contributed by atoms with Crippen LogP contribution in [0.15, 0.2) is 6.20 Å². The van der Waals surface area contributed by atoms with Crippen LogP contribution in [0.2, 0.25) is 0 Å². The second-order valence-electron chi connectivity index (χ2n) is 2.88. The normalized spacial score (nSPS) is 11.8. The molecule has 0 fully saturated rings. The maximum absolute atomic E-state index is 11.5. The average molecular weight is 192 g/mol. The molecular weight excluding hydrogens is 180 g/mol. The molecule has 1 aromatic heterocycles. The predicted octanol–water partition coefficient (Wildman–Crippen LogP) is -0.0433. The molecular formula is C9H12N4O. The number of rotatable bonds is 3. The Labute approximate surface area is 82.5 Å². The molecule has 0 aliphatic rings. The van der Waals surface area contributed by atoms with E-state index in [1.54, 1.807) is 13.2 Å². The number of carbonyl (C=O) groups is 1. The summed E-state index contributed by atoms with van der Waals surface area (Å²) in [7, 11) is 1.70. The lowest BCUT2D eigenvalue weighted by Crippen LogP contribution is -2.33. The minimum Gasteiger partial charge on any atom is -0.337 e. The molecule has 1 aromatic rings. The summed E-state index contributed by atoms with van der Waals surface area (Å²) in [4.78, 5) is 11.5. The summed E-state index contributed by atoms with van der Waals surface area (Å²) < 4.78 is 1.46. The van der Waals surface area contributed by atoms with Gasteiger partial charge in [0.25, 0.3) is 5.91 Å². The molecule has 0 aromatic carbocycles. The number of aromatic nitrogens is 3. The third kappa shape index (κ3) is 2.33. The fourth-order valence-electron chi connectivity index (χ4n) is 0.945. The molecule has 1 rings (SSSR count). The van der Waals surface area contributed by atoms with E-state index in [0.29, 0.717) is 6.42 Å². The van der Waals surface area contributed by atoms with Crippen molar-refractivity contribution in [2.45, 2.75) is 19.4 Å². The van der Waals surface area contributed by atoms with E-state index < -0.39 is 0 Å². The lowest BCUT2D eigenvalue weighted by atomic mass is 10.2. The van der Waals surface area contributed by atoms with Crippen LogP contribution in [-0.2, 0) is 7.05 Å². The standard InChI is InChI=1S/C9H12N4O/c1-4-7(5-2)10-9(14)8-6-13(3)12-11-8/h1,6-7H,5H2,2-3H3,(H,10,14). The second-order valence-corrected chi connectivity index (χ2v) is 2.88. The second kappa shape index (κ2) is 4.42. The topological polar surface area (TPSA) is 59.8 Å². The highest BCUT2D eigenvalue weighted by Crippen LogP contribution is 1.94. The summed E-state index contributed by atoms with van der Waals surface area (Å²) in [6.07, 6.45) is 7.45. The molecule has 1 amide bonds. The van der Waals surface area contributed by atoms with Gasteiger partial charge in [-0.15, -0.1) is 11.5 Å². The zero-order chi connectivity index (χ0) is 10.6. The monoisotopic (exact) mass is 192 g/mol. The van der Waals surface area contributed by atoms with Crippen molar-refractivity contribution in [3.8, 4) is 12.3 Å². The summed E-state index contributed by atoms with van der Waals surface area (Å²) in [6, 6.07) is -0.246. The molecule has 5 nitrogen and oxygen atoms in total. The van der Waals surface area contributed by atoms with Crippen LogP contribution in [0.4, 0.5) is 0 Å². The van der Waals surface area contributed by atoms with Crippen LogP contribution >= 0.6 is 0 Å². The van der Waals surface area contributed by atoms with Gasteiger partial charge in [0.2, 0.25) is 0 Å². The van der Waals surface area contributed by atoms with Crippen LogP contribution in [0, 0.1) is 12.3 Å². The Kier molecular flexibility index (Phi) is 3.24. The Bertz CT molecular complexity index is 363. The van der Waals surface area contributed by atoms with Gasteiger partial charge >= 0.3 is 0 Å². The largest absolute Gasteiger partial charge is 0.337 e. The first-order valence-electron chi connectivity index (χ1n) is 4.30. The third-order valence-electron chi connectivity index (χ3n) is 1.75. The molecule has 0 spiro atoms. The van der Waals surface area contributed by atoms with Crippen LogP contribution in [0.25, 0.3) is 0 Å². The van der Waals surface area contributed by atoms with Gasteiger partial charge in [0, 0.05) is 7.05 Å². The molecule has 0 aliphatic carbocycles. The van der Waals surface area contributed by atoms with E-state index in [-0.39, 0.29) is 17.6 Å². The van der Waals surface area contributed by atoms with Gasteiger partial charge in [0.05, 0.1) is 12.2 Å². The highest BCUT2D eigenvalue weighted by molar-refractivity contribution is 5.92. The number of amides is 1. The van der Waals surface area contributed by atoms with E-state index in [1.165, 1.54) is 4.68 Å². The smallest absolute Gasteiger partial charge is 0.274 e. The van der Waals surface area contributed by atoms with Crippen molar-refractivity contribution in [1.29, 1.82) is 0 Å². The van der Waals surface area contributed by atoms with Gasteiger partial charge in [-0.2, -0.15) is 0 Å². The molecule has 0 saturated heterocycles. The van der Waals surface area contributed by atoms with E-state index in [1.807, 2.05) is 6.92 Å². The minimum absolute atomic E-state index is 0.246. The number of aryl methyl sites for hydroxylation is 1. The van der Waals surface area contributed by atoms with Crippen molar-refractivity contribution >= 4 is 5.91 Å². The molecule has 1 unspecified atom stereocenters. The van der Waals surface area contributed by atoms with Crippen molar-refractivity contribution in [3.05, 3.63) is 11.9 Å². The van der Waals surface area contributed by atoms with Crippen molar-refractivity contribution in [1.82, 2.24) is 20.3 Å². The van der Waals surface area contributed by atoms with Crippen molar-refractivity contribution in [3.63, 3.8) is 0 Å². The molecule has 1 heterocycles. The zero-order valence-corrected chi connectivity index (χ0v) is 8.19. The van der Waals surface area contributed by atoms with Crippen LogP contribution in [0.1, 0.15) is 23.8 Å². The maximum Gasteiger partial charge on any atom is 0.274 e. The Morgan fingerprint density at radius 2 is 2.57 bits per heavy atom. The van der Waals surface area contributed by atoms with Crippen molar-refractivity contribution < 1.29 is 4.79 Å². The zero-order valence-electron chi connectivity index (χ0n) is 8.19. The van der Waals surface area contributed by atoms with E-state index in [0.717, 1.165) is 0 Å². The molecule has 0 radical (unpaired) electrons. The van der Waals surface area contributed by atoms with Gasteiger partial charge in [-0.3, -0.25) is 9.48 Å². The Morgan fingerprint density at radius 3 is 3.00 bits per heavy atom. The Hall–Kier alpha value is -1.83. The summed E-state index contributed by atoms with van der Waals surface area (Å²) in [5, 5.41) is 9.98. The number of hydrogen-bond acceptors (Lipinski definition) is 3. The predicted molar refractivity (Wildman–Crippen MR) is 51.4 cm³/mol. The van der Waals surface area contributed by atoms with Gasteiger partial charge in [-0.25, -0.2) is 0 Å². The SMILES string of the molecule is C#CC(CC)NC(=O)c1cn(C)nn1. The maximum atomic E-state index is 11.5. The fourth-order valence-corrected chi connectivity index (χ4v) is 0.945. The number of nitrogens with one attached hydrogen (secondary N) is 1. The van der Waals surface area contributed by atoms with Crippen LogP contribution < -0.4 is 5.32 Å². The first-order valence-corrected chi connectivity index (χ1v) is 4.30. The molecule has 1 N–H and O–H groups in total. The van der Waals surface area contributed by atoms with E-state index >= 15 is 0 Å². The van der Waals surface area contributed by atoms with Gasteiger partial charge in [0.1, 0.15) is 0 Å². The number of terminal acetylenes is 1. The fraction of sp³-hybridized carbons (Fsp3) is 0.444. The van der Waals surface area contributed by atoms with Gasteiger partial charge < -0.3 is 5.32 Å².